The second-order valence-corrected chi connectivity index (χ2v) is 5.37. The first-order chi connectivity index (χ1) is 7.07. The van der Waals surface area contributed by atoms with Gasteiger partial charge in [-0.2, -0.15) is 0 Å². The van der Waals surface area contributed by atoms with Crippen LogP contribution in [0.15, 0.2) is 24.3 Å². The van der Waals surface area contributed by atoms with Crippen molar-refractivity contribution in [1.82, 2.24) is 0 Å². The molecule has 1 fully saturated rings. The highest BCUT2D eigenvalue weighted by Crippen LogP contribution is 2.40. The molecule has 0 aromatic heterocycles. The van der Waals surface area contributed by atoms with Crippen molar-refractivity contribution in [2.24, 2.45) is 5.41 Å². The normalized spacial score (nSPS) is 30.7. The topological polar surface area (TPSA) is 20.2 Å². The number of hydrogen-bond acceptors (Lipinski definition) is 1. The molecule has 0 heterocycles. The number of aryl methyl sites for hydroxylation is 1. The summed E-state index contributed by atoms with van der Waals surface area (Å²) in [4.78, 5) is 0. The van der Waals surface area contributed by atoms with E-state index in [4.69, 9.17) is 0 Å². The molecule has 0 bridgehead atoms. The van der Waals surface area contributed by atoms with Crippen molar-refractivity contribution in [2.75, 3.05) is 0 Å². The van der Waals surface area contributed by atoms with Crippen molar-refractivity contribution in [1.29, 1.82) is 0 Å². The molecule has 1 aliphatic rings. The van der Waals surface area contributed by atoms with Crippen LogP contribution in [0.4, 0.5) is 0 Å². The van der Waals surface area contributed by atoms with Gasteiger partial charge in [0.05, 0.1) is 6.10 Å². The van der Waals surface area contributed by atoms with Gasteiger partial charge in [-0.3, -0.25) is 0 Å². The third-order valence-corrected chi connectivity index (χ3v) is 3.52. The first-order valence-electron chi connectivity index (χ1n) is 5.81. The molecule has 1 aromatic carbocycles. The molecule has 0 saturated heterocycles. The lowest BCUT2D eigenvalue weighted by Crippen LogP contribution is -2.16. The van der Waals surface area contributed by atoms with Crippen LogP contribution in [0.2, 0.25) is 0 Å². The van der Waals surface area contributed by atoms with Gasteiger partial charge < -0.3 is 5.11 Å². The van der Waals surface area contributed by atoms with Crippen LogP contribution in [0.1, 0.15) is 37.3 Å². The highest BCUT2D eigenvalue weighted by atomic mass is 16.3. The summed E-state index contributed by atoms with van der Waals surface area (Å²) in [5.74, 6) is 0. The van der Waals surface area contributed by atoms with Crippen molar-refractivity contribution in [3.8, 4) is 0 Å². The summed E-state index contributed by atoms with van der Waals surface area (Å²) in [6.45, 7) is 4.43. The zero-order valence-corrected chi connectivity index (χ0v) is 9.66. The molecule has 0 amide bonds. The summed E-state index contributed by atoms with van der Waals surface area (Å²) < 4.78 is 0. The molecule has 1 N–H and O–H groups in total. The molecule has 82 valence electrons. The number of rotatable bonds is 2. The van der Waals surface area contributed by atoms with Crippen molar-refractivity contribution >= 4 is 0 Å². The van der Waals surface area contributed by atoms with Crippen LogP contribution < -0.4 is 0 Å². The zero-order chi connectivity index (χ0) is 10.9. The van der Waals surface area contributed by atoms with Crippen molar-refractivity contribution < 1.29 is 5.11 Å². The van der Waals surface area contributed by atoms with E-state index in [0.717, 1.165) is 25.7 Å². The molecule has 1 aliphatic carbocycles. The van der Waals surface area contributed by atoms with Crippen LogP contribution in [0.5, 0.6) is 0 Å². The average Bonchev–Trinajstić information content (AvgIpc) is 2.45. The lowest BCUT2D eigenvalue weighted by atomic mass is 9.82. The molecule has 0 spiro atoms. The SMILES string of the molecule is Cc1cccc(CC2(C)CCC(O)C2)c1. The molecular weight excluding hydrogens is 184 g/mol. The van der Waals surface area contributed by atoms with Gasteiger partial charge in [-0.15, -0.1) is 0 Å². The summed E-state index contributed by atoms with van der Waals surface area (Å²) in [7, 11) is 0. The lowest BCUT2D eigenvalue weighted by Gasteiger charge is -2.23. The van der Waals surface area contributed by atoms with Gasteiger partial charge >= 0.3 is 0 Å². The van der Waals surface area contributed by atoms with Crippen molar-refractivity contribution in [3.63, 3.8) is 0 Å². The lowest BCUT2D eigenvalue weighted by molar-refractivity contribution is 0.163. The minimum Gasteiger partial charge on any atom is -0.393 e. The van der Waals surface area contributed by atoms with E-state index in [2.05, 4.69) is 38.1 Å². The first-order valence-corrected chi connectivity index (χ1v) is 5.81. The fourth-order valence-electron chi connectivity index (χ4n) is 2.76. The molecule has 1 nitrogen and oxygen atoms in total. The predicted molar refractivity (Wildman–Crippen MR) is 62.8 cm³/mol. The monoisotopic (exact) mass is 204 g/mol. The minimum absolute atomic E-state index is 0.0696. The quantitative estimate of drug-likeness (QED) is 0.785. The van der Waals surface area contributed by atoms with Gasteiger partial charge in [0.15, 0.2) is 0 Å². The van der Waals surface area contributed by atoms with E-state index < -0.39 is 0 Å². The molecule has 2 rings (SSSR count). The maximum Gasteiger partial charge on any atom is 0.0545 e. The van der Waals surface area contributed by atoms with E-state index in [9.17, 15) is 5.11 Å². The Morgan fingerprint density at radius 1 is 1.47 bits per heavy atom. The van der Waals surface area contributed by atoms with Crippen LogP contribution in [-0.4, -0.2) is 11.2 Å². The largest absolute Gasteiger partial charge is 0.393 e. The van der Waals surface area contributed by atoms with E-state index in [1.807, 2.05) is 0 Å². The third kappa shape index (κ3) is 2.60. The number of hydrogen-bond donors (Lipinski definition) is 1. The van der Waals surface area contributed by atoms with Crippen molar-refractivity contribution in [2.45, 2.75) is 45.6 Å². The predicted octanol–water partition coefficient (Wildman–Crippen LogP) is 3.09. The Kier molecular flexibility index (Phi) is 2.83. The first kappa shape index (κ1) is 10.7. The Bertz CT molecular complexity index is 345. The van der Waals surface area contributed by atoms with Crippen LogP contribution in [0.25, 0.3) is 0 Å². The standard InChI is InChI=1S/C14H20O/c1-11-4-3-5-12(8-11)9-14(2)7-6-13(15)10-14/h3-5,8,13,15H,6-7,9-10H2,1-2H3. The van der Waals surface area contributed by atoms with Crippen LogP contribution in [0.3, 0.4) is 0 Å². The Labute approximate surface area is 92.1 Å². The molecular formula is C14H20O. The zero-order valence-electron chi connectivity index (χ0n) is 9.66. The van der Waals surface area contributed by atoms with Gasteiger partial charge in [0.2, 0.25) is 0 Å². The van der Waals surface area contributed by atoms with Gasteiger partial charge in [0.1, 0.15) is 0 Å². The van der Waals surface area contributed by atoms with Gasteiger partial charge in [-0.05, 0) is 43.6 Å². The number of aliphatic hydroxyl groups is 1. The second-order valence-electron chi connectivity index (χ2n) is 5.37. The average molecular weight is 204 g/mol. The van der Waals surface area contributed by atoms with Crippen LogP contribution in [-0.2, 0) is 6.42 Å². The molecule has 0 aliphatic heterocycles. The van der Waals surface area contributed by atoms with E-state index in [1.165, 1.54) is 11.1 Å². The van der Waals surface area contributed by atoms with Gasteiger partial charge in [0, 0.05) is 0 Å². The molecule has 0 radical (unpaired) electrons. The summed E-state index contributed by atoms with van der Waals surface area (Å²) in [6, 6.07) is 8.72. The number of aliphatic hydroxyl groups excluding tert-OH is 1. The Balaban J connectivity index is 2.08. The Hall–Kier alpha value is -0.820. The summed E-state index contributed by atoms with van der Waals surface area (Å²) in [6.07, 6.45) is 4.12. The highest BCUT2D eigenvalue weighted by Gasteiger charge is 2.33. The van der Waals surface area contributed by atoms with Crippen LogP contribution in [0, 0.1) is 12.3 Å². The van der Waals surface area contributed by atoms with E-state index in [-0.39, 0.29) is 6.10 Å². The molecule has 1 saturated carbocycles. The van der Waals surface area contributed by atoms with Crippen molar-refractivity contribution in [3.05, 3.63) is 35.4 Å². The van der Waals surface area contributed by atoms with E-state index >= 15 is 0 Å². The highest BCUT2D eigenvalue weighted by molar-refractivity contribution is 5.23. The molecule has 2 unspecified atom stereocenters. The summed E-state index contributed by atoms with van der Waals surface area (Å²) in [5, 5.41) is 9.60. The maximum absolute atomic E-state index is 9.60. The molecule has 1 heteroatoms. The van der Waals surface area contributed by atoms with E-state index in [1.54, 1.807) is 0 Å². The van der Waals surface area contributed by atoms with Gasteiger partial charge in [0.25, 0.3) is 0 Å². The van der Waals surface area contributed by atoms with Gasteiger partial charge in [-0.25, -0.2) is 0 Å². The third-order valence-electron chi connectivity index (χ3n) is 3.52. The minimum atomic E-state index is -0.0696. The Morgan fingerprint density at radius 2 is 2.27 bits per heavy atom. The summed E-state index contributed by atoms with van der Waals surface area (Å²) >= 11 is 0. The van der Waals surface area contributed by atoms with E-state index in [0.29, 0.717) is 5.41 Å². The Morgan fingerprint density at radius 3 is 2.87 bits per heavy atom. The smallest absolute Gasteiger partial charge is 0.0545 e. The maximum atomic E-state index is 9.60. The molecule has 2 atom stereocenters. The molecule has 15 heavy (non-hydrogen) atoms. The second kappa shape index (κ2) is 3.97. The van der Waals surface area contributed by atoms with Gasteiger partial charge in [-0.1, -0.05) is 36.8 Å². The number of benzene rings is 1. The fraction of sp³-hybridized carbons (Fsp3) is 0.571. The van der Waals surface area contributed by atoms with Crippen LogP contribution >= 0.6 is 0 Å². The summed E-state index contributed by atoms with van der Waals surface area (Å²) in [5.41, 5.74) is 3.05. The fourth-order valence-corrected chi connectivity index (χ4v) is 2.76. The molecule has 1 aromatic rings.